The molecule has 0 N–H and O–H groups in total. The molecule has 0 atom stereocenters. The molecule has 0 aliphatic heterocycles. The number of rotatable bonds is 2. The number of pyridine rings is 1. The number of carbonyl (C=O) groups excluding carboxylic acids is 1. The second-order valence-electron chi connectivity index (χ2n) is 3.19. The quantitative estimate of drug-likeness (QED) is 0.764. The fourth-order valence-corrected chi connectivity index (χ4v) is 1.70. The molecule has 0 fully saturated rings. The summed E-state index contributed by atoms with van der Waals surface area (Å²) in [4.78, 5) is 15.9. The molecule has 2 rings (SSSR count). The Labute approximate surface area is 103 Å². The van der Waals surface area contributed by atoms with Crippen LogP contribution in [0.25, 0.3) is 0 Å². The molecule has 0 unspecified atom stereocenters. The Kier molecular flexibility index (Phi) is 3.22. The van der Waals surface area contributed by atoms with Gasteiger partial charge in [0.2, 0.25) is 0 Å². The lowest BCUT2D eigenvalue weighted by Gasteiger charge is -2.03. The average Bonchev–Trinajstić information content (AvgIpc) is 2.32. The van der Waals surface area contributed by atoms with Crippen molar-refractivity contribution in [1.82, 2.24) is 4.98 Å². The first-order chi connectivity index (χ1) is 7.68. The van der Waals surface area contributed by atoms with E-state index in [1.165, 1.54) is 6.20 Å². The Hall–Kier alpha value is -1.38. The van der Waals surface area contributed by atoms with Crippen molar-refractivity contribution in [2.45, 2.75) is 0 Å². The molecule has 0 aliphatic carbocycles. The molecule has 80 valence electrons. The summed E-state index contributed by atoms with van der Waals surface area (Å²) in [6, 6.07) is 8.19. The predicted octanol–water partition coefficient (Wildman–Crippen LogP) is 3.62. The van der Waals surface area contributed by atoms with Crippen LogP contribution >= 0.6 is 23.2 Å². The van der Waals surface area contributed by atoms with Crippen molar-refractivity contribution in [3.05, 3.63) is 63.9 Å². The van der Waals surface area contributed by atoms with Crippen LogP contribution in [0, 0.1) is 0 Å². The number of halogens is 2. The van der Waals surface area contributed by atoms with Gasteiger partial charge in [-0.15, -0.1) is 0 Å². The molecule has 2 aromatic rings. The maximum absolute atomic E-state index is 12.0. The Morgan fingerprint density at radius 3 is 2.69 bits per heavy atom. The van der Waals surface area contributed by atoms with Gasteiger partial charge >= 0.3 is 0 Å². The summed E-state index contributed by atoms with van der Waals surface area (Å²) in [6.45, 7) is 0. The number of benzene rings is 1. The van der Waals surface area contributed by atoms with Crippen molar-refractivity contribution in [2.75, 3.05) is 0 Å². The van der Waals surface area contributed by atoms with Gasteiger partial charge in [0.15, 0.2) is 5.78 Å². The van der Waals surface area contributed by atoms with E-state index in [-0.39, 0.29) is 5.78 Å². The first-order valence-corrected chi connectivity index (χ1v) is 5.34. The maximum Gasteiger partial charge on any atom is 0.196 e. The van der Waals surface area contributed by atoms with Crippen LogP contribution in [0.2, 0.25) is 10.0 Å². The number of hydrogen-bond donors (Lipinski definition) is 0. The number of aromatic nitrogens is 1. The van der Waals surface area contributed by atoms with Crippen molar-refractivity contribution >= 4 is 29.0 Å². The predicted molar refractivity (Wildman–Crippen MR) is 64.1 cm³/mol. The fraction of sp³-hybridized carbons (Fsp3) is 0. The van der Waals surface area contributed by atoms with Gasteiger partial charge in [0.05, 0.1) is 5.02 Å². The zero-order chi connectivity index (χ0) is 11.5. The van der Waals surface area contributed by atoms with Crippen LogP contribution in [0.15, 0.2) is 42.7 Å². The first kappa shape index (κ1) is 11.1. The van der Waals surface area contributed by atoms with Crippen molar-refractivity contribution in [2.24, 2.45) is 0 Å². The number of carbonyl (C=O) groups is 1. The molecule has 0 amide bonds. The van der Waals surface area contributed by atoms with Gasteiger partial charge in [-0.1, -0.05) is 23.2 Å². The highest BCUT2D eigenvalue weighted by Gasteiger charge is 2.13. The smallest absolute Gasteiger partial charge is 0.196 e. The lowest BCUT2D eigenvalue weighted by Crippen LogP contribution is -2.02. The largest absolute Gasteiger partial charge is 0.288 e. The molecule has 0 spiro atoms. The van der Waals surface area contributed by atoms with Gasteiger partial charge in [-0.3, -0.25) is 9.78 Å². The third-order valence-electron chi connectivity index (χ3n) is 2.10. The summed E-state index contributed by atoms with van der Waals surface area (Å²) in [5, 5.41) is 0.870. The van der Waals surface area contributed by atoms with E-state index in [1.807, 2.05) is 0 Å². The third-order valence-corrected chi connectivity index (χ3v) is 2.66. The minimum atomic E-state index is -0.180. The van der Waals surface area contributed by atoms with Gasteiger partial charge in [0, 0.05) is 28.5 Å². The number of hydrogen-bond acceptors (Lipinski definition) is 2. The molecular weight excluding hydrogens is 245 g/mol. The molecule has 1 heterocycles. The minimum absolute atomic E-state index is 0.180. The molecule has 0 saturated carbocycles. The molecule has 0 radical (unpaired) electrons. The number of nitrogens with zero attached hydrogens (tertiary/aromatic N) is 1. The van der Waals surface area contributed by atoms with Gasteiger partial charge in [-0.25, -0.2) is 0 Å². The van der Waals surface area contributed by atoms with Crippen LogP contribution in [0.3, 0.4) is 0 Å². The van der Waals surface area contributed by atoms with E-state index in [0.29, 0.717) is 21.2 Å². The van der Waals surface area contributed by atoms with Crippen LogP contribution in [0.5, 0.6) is 0 Å². The summed E-state index contributed by atoms with van der Waals surface area (Å²) in [7, 11) is 0. The molecular formula is C12H7Cl2NO. The summed E-state index contributed by atoms with van der Waals surface area (Å²) in [6.07, 6.45) is 3.11. The molecule has 0 bridgehead atoms. The second-order valence-corrected chi connectivity index (χ2v) is 4.04. The Morgan fingerprint density at radius 2 is 2.00 bits per heavy atom. The summed E-state index contributed by atoms with van der Waals surface area (Å²) < 4.78 is 0. The Bertz CT molecular complexity index is 526. The van der Waals surface area contributed by atoms with E-state index in [9.17, 15) is 4.79 Å². The van der Waals surface area contributed by atoms with E-state index in [1.54, 1.807) is 36.5 Å². The van der Waals surface area contributed by atoms with E-state index in [2.05, 4.69) is 4.98 Å². The van der Waals surface area contributed by atoms with Crippen LogP contribution in [0.4, 0.5) is 0 Å². The normalized spacial score (nSPS) is 10.1. The maximum atomic E-state index is 12.0. The van der Waals surface area contributed by atoms with Crippen molar-refractivity contribution in [1.29, 1.82) is 0 Å². The van der Waals surface area contributed by atoms with Crippen LogP contribution in [-0.4, -0.2) is 10.8 Å². The highest BCUT2D eigenvalue weighted by atomic mass is 35.5. The van der Waals surface area contributed by atoms with E-state index in [0.717, 1.165) is 0 Å². The molecule has 1 aromatic heterocycles. The van der Waals surface area contributed by atoms with Crippen LogP contribution in [-0.2, 0) is 0 Å². The fourth-order valence-electron chi connectivity index (χ4n) is 1.32. The van der Waals surface area contributed by atoms with Crippen molar-refractivity contribution in [3.8, 4) is 0 Å². The topological polar surface area (TPSA) is 30.0 Å². The van der Waals surface area contributed by atoms with E-state index in [4.69, 9.17) is 23.2 Å². The van der Waals surface area contributed by atoms with Crippen LogP contribution < -0.4 is 0 Å². The molecule has 16 heavy (non-hydrogen) atoms. The average molecular weight is 252 g/mol. The van der Waals surface area contributed by atoms with Crippen LogP contribution in [0.1, 0.15) is 15.9 Å². The second kappa shape index (κ2) is 4.64. The summed E-state index contributed by atoms with van der Waals surface area (Å²) in [5.41, 5.74) is 0.883. The highest BCUT2D eigenvalue weighted by molar-refractivity contribution is 6.36. The minimum Gasteiger partial charge on any atom is -0.288 e. The standard InChI is InChI=1S/C12H7Cl2NO/c13-9-3-4-11(14)10(6-9)12(16)8-2-1-5-15-7-8/h1-7H. The summed E-state index contributed by atoms with van der Waals surface area (Å²) >= 11 is 11.8. The van der Waals surface area contributed by atoms with Gasteiger partial charge in [-0.2, -0.15) is 0 Å². The third kappa shape index (κ3) is 2.23. The van der Waals surface area contributed by atoms with Gasteiger partial charge < -0.3 is 0 Å². The zero-order valence-electron chi connectivity index (χ0n) is 8.15. The monoisotopic (exact) mass is 251 g/mol. The van der Waals surface area contributed by atoms with E-state index >= 15 is 0 Å². The molecule has 1 aromatic carbocycles. The molecule has 2 nitrogen and oxygen atoms in total. The molecule has 0 saturated heterocycles. The Balaban J connectivity index is 2.46. The SMILES string of the molecule is O=C(c1cccnc1)c1cc(Cl)ccc1Cl. The lowest BCUT2D eigenvalue weighted by molar-refractivity contribution is 0.103. The lowest BCUT2D eigenvalue weighted by atomic mass is 10.1. The van der Waals surface area contributed by atoms with Crippen molar-refractivity contribution < 1.29 is 4.79 Å². The van der Waals surface area contributed by atoms with Gasteiger partial charge in [0.25, 0.3) is 0 Å². The molecule has 0 aliphatic rings. The zero-order valence-corrected chi connectivity index (χ0v) is 9.66. The first-order valence-electron chi connectivity index (χ1n) is 4.58. The summed E-state index contributed by atoms with van der Waals surface area (Å²) in [5.74, 6) is -0.180. The van der Waals surface area contributed by atoms with Crippen molar-refractivity contribution in [3.63, 3.8) is 0 Å². The Morgan fingerprint density at radius 1 is 1.19 bits per heavy atom. The highest BCUT2D eigenvalue weighted by Crippen LogP contribution is 2.22. The molecule has 4 heteroatoms. The van der Waals surface area contributed by atoms with E-state index < -0.39 is 0 Å². The van der Waals surface area contributed by atoms with Gasteiger partial charge in [0.1, 0.15) is 0 Å². The number of ketones is 1. The van der Waals surface area contributed by atoms with Gasteiger partial charge in [-0.05, 0) is 30.3 Å².